The van der Waals surface area contributed by atoms with Crippen LogP contribution in [-0.4, -0.2) is 83.2 Å². The molecule has 3 aliphatic rings. The van der Waals surface area contributed by atoms with Crippen molar-refractivity contribution in [2.75, 3.05) is 31.6 Å². The summed E-state index contributed by atoms with van der Waals surface area (Å²) in [7, 11) is 1.69. The third kappa shape index (κ3) is 3.78. The number of aliphatic hydroxyl groups is 1. The molecule has 3 amide bonds. The van der Waals surface area contributed by atoms with Gasteiger partial charge in [-0.25, -0.2) is 0 Å². The number of fused-ring (bicyclic) bond motifs is 1. The van der Waals surface area contributed by atoms with Crippen LogP contribution >= 0.6 is 0 Å². The maximum absolute atomic E-state index is 14.5. The second kappa shape index (κ2) is 9.82. The standard InChI is InChI=1S/C28H37N3O5/c1-7-14-29(6)25(33)21-20-12-13-28(36-20)22(21)26(34)31(19(5)16-32)24(28)27(35)30(15-8-2)23-17(3)10-9-11-18(23)4/h7-11,19-22,24,32H,1-2,12-16H2,3-6H3/t19-,20+,21-,22+,24?,28?/m1/s1. The highest BCUT2D eigenvalue weighted by atomic mass is 16.5. The van der Waals surface area contributed by atoms with Gasteiger partial charge in [0.25, 0.3) is 5.91 Å². The van der Waals surface area contributed by atoms with Gasteiger partial charge in [-0.05, 0) is 44.7 Å². The molecule has 3 heterocycles. The van der Waals surface area contributed by atoms with E-state index in [2.05, 4.69) is 13.2 Å². The van der Waals surface area contributed by atoms with Crippen LogP contribution in [0.25, 0.3) is 0 Å². The van der Waals surface area contributed by atoms with Crippen molar-refractivity contribution < 1.29 is 24.2 Å². The molecule has 194 valence electrons. The summed E-state index contributed by atoms with van der Waals surface area (Å²) >= 11 is 0. The lowest BCUT2D eigenvalue weighted by molar-refractivity contribution is -0.146. The van der Waals surface area contributed by atoms with Crippen molar-refractivity contribution in [1.29, 1.82) is 0 Å². The van der Waals surface area contributed by atoms with Gasteiger partial charge < -0.3 is 24.5 Å². The Morgan fingerprint density at radius 3 is 2.44 bits per heavy atom. The number of benzene rings is 1. The number of likely N-dealkylation sites (tertiary alicyclic amines) is 1. The number of hydrogen-bond acceptors (Lipinski definition) is 5. The number of aryl methyl sites for hydroxylation is 2. The summed E-state index contributed by atoms with van der Waals surface area (Å²) in [5.74, 6) is -2.21. The van der Waals surface area contributed by atoms with Gasteiger partial charge in [-0.2, -0.15) is 0 Å². The summed E-state index contributed by atoms with van der Waals surface area (Å²) in [6, 6.07) is 4.27. The van der Waals surface area contributed by atoms with Gasteiger partial charge in [0.2, 0.25) is 11.8 Å². The van der Waals surface area contributed by atoms with Gasteiger partial charge in [0.15, 0.2) is 0 Å². The second-order valence-corrected chi connectivity index (χ2v) is 10.3. The molecule has 3 saturated heterocycles. The third-order valence-electron chi connectivity index (χ3n) is 8.06. The second-order valence-electron chi connectivity index (χ2n) is 10.3. The van der Waals surface area contributed by atoms with Crippen LogP contribution < -0.4 is 4.90 Å². The van der Waals surface area contributed by atoms with Gasteiger partial charge in [0, 0.05) is 25.8 Å². The van der Waals surface area contributed by atoms with Crippen molar-refractivity contribution in [3.8, 4) is 0 Å². The first-order valence-corrected chi connectivity index (χ1v) is 12.6. The lowest BCUT2D eigenvalue weighted by Gasteiger charge is -2.39. The highest BCUT2D eigenvalue weighted by Gasteiger charge is 2.75. The summed E-state index contributed by atoms with van der Waals surface area (Å²) in [4.78, 5) is 46.6. The summed E-state index contributed by atoms with van der Waals surface area (Å²) in [5.41, 5.74) is 1.52. The van der Waals surface area contributed by atoms with Gasteiger partial charge in [0.05, 0.1) is 30.6 Å². The van der Waals surface area contributed by atoms with Crippen molar-refractivity contribution in [3.05, 3.63) is 54.6 Å². The van der Waals surface area contributed by atoms with Crippen LogP contribution in [0.5, 0.6) is 0 Å². The van der Waals surface area contributed by atoms with E-state index in [1.165, 1.54) is 4.90 Å². The van der Waals surface area contributed by atoms with E-state index in [1.807, 2.05) is 32.0 Å². The molecule has 4 rings (SSSR count). The van der Waals surface area contributed by atoms with E-state index >= 15 is 0 Å². The number of likely N-dealkylation sites (N-methyl/N-ethyl adjacent to an activating group) is 1. The molecule has 1 aromatic carbocycles. The highest BCUT2D eigenvalue weighted by molar-refractivity contribution is 6.05. The van der Waals surface area contributed by atoms with Gasteiger partial charge in [0.1, 0.15) is 11.6 Å². The molecule has 3 aliphatic heterocycles. The van der Waals surface area contributed by atoms with Crippen LogP contribution in [0.15, 0.2) is 43.5 Å². The minimum atomic E-state index is -1.12. The normalized spacial score (nSPS) is 29.1. The molecule has 2 unspecified atom stereocenters. The van der Waals surface area contributed by atoms with Gasteiger partial charge in [-0.3, -0.25) is 14.4 Å². The fourth-order valence-corrected chi connectivity index (χ4v) is 6.55. The largest absolute Gasteiger partial charge is 0.394 e. The maximum Gasteiger partial charge on any atom is 0.253 e. The quantitative estimate of drug-likeness (QED) is 0.531. The van der Waals surface area contributed by atoms with Crippen LogP contribution in [0.2, 0.25) is 0 Å². The topological polar surface area (TPSA) is 90.4 Å². The Balaban J connectivity index is 1.82. The van der Waals surface area contributed by atoms with Crippen LogP contribution in [-0.2, 0) is 19.1 Å². The molecule has 2 bridgehead atoms. The predicted octanol–water partition coefficient (Wildman–Crippen LogP) is 2.22. The summed E-state index contributed by atoms with van der Waals surface area (Å²) < 4.78 is 6.51. The Hall–Kier alpha value is -2.97. The van der Waals surface area contributed by atoms with E-state index in [0.717, 1.165) is 16.8 Å². The lowest BCUT2D eigenvalue weighted by Crippen LogP contribution is -2.58. The average molecular weight is 496 g/mol. The van der Waals surface area contributed by atoms with E-state index in [-0.39, 0.29) is 30.9 Å². The monoisotopic (exact) mass is 495 g/mol. The van der Waals surface area contributed by atoms with Crippen molar-refractivity contribution >= 4 is 23.4 Å². The molecule has 6 atom stereocenters. The molecule has 36 heavy (non-hydrogen) atoms. The number of amides is 3. The molecule has 3 fully saturated rings. The SMILES string of the molecule is C=CCN(C)C(=O)[C@@H]1[C@@H]2CCC3(O2)C(C(=O)N(CC=C)c2c(C)cccc2C)N([C@H](C)CO)C(=O)[C@H]13. The molecule has 0 saturated carbocycles. The molecule has 8 nitrogen and oxygen atoms in total. The van der Waals surface area contributed by atoms with Crippen LogP contribution in [0, 0.1) is 25.7 Å². The predicted molar refractivity (Wildman–Crippen MR) is 137 cm³/mol. The van der Waals surface area contributed by atoms with Crippen molar-refractivity contribution in [1.82, 2.24) is 9.80 Å². The smallest absolute Gasteiger partial charge is 0.253 e. The van der Waals surface area contributed by atoms with Gasteiger partial charge in [-0.15, -0.1) is 13.2 Å². The Morgan fingerprint density at radius 2 is 1.86 bits per heavy atom. The summed E-state index contributed by atoms with van der Waals surface area (Å²) in [6.07, 6.45) is 3.98. The minimum Gasteiger partial charge on any atom is -0.394 e. The zero-order valence-corrected chi connectivity index (χ0v) is 21.6. The van der Waals surface area contributed by atoms with E-state index in [9.17, 15) is 19.5 Å². The number of aliphatic hydroxyl groups excluding tert-OH is 1. The summed E-state index contributed by atoms with van der Waals surface area (Å²) in [5, 5.41) is 10.1. The number of carbonyl (C=O) groups is 3. The number of para-hydroxylation sites is 1. The Labute approximate surface area is 213 Å². The fourth-order valence-electron chi connectivity index (χ4n) is 6.55. The van der Waals surface area contributed by atoms with Gasteiger partial charge >= 0.3 is 0 Å². The molecule has 0 radical (unpaired) electrons. The average Bonchev–Trinajstić information content (AvgIpc) is 3.49. The number of anilines is 1. The molecular formula is C28H37N3O5. The molecule has 8 heteroatoms. The molecule has 0 aliphatic carbocycles. The van der Waals surface area contributed by atoms with Crippen LogP contribution in [0.1, 0.15) is 30.9 Å². The van der Waals surface area contributed by atoms with E-state index in [4.69, 9.17) is 4.74 Å². The number of hydrogen-bond donors (Lipinski definition) is 1. The molecule has 1 aromatic rings. The molecular weight excluding hydrogens is 458 g/mol. The molecule has 1 spiro atoms. The Bertz CT molecular complexity index is 1070. The van der Waals surface area contributed by atoms with E-state index in [0.29, 0.717) is 19.4 Å². The first-order valence-electron chi connectivity index (χ1n) is 12.6. The molecule has 1 N–H and O–H groups in total. The highest BCUT2D eigenvalue weighted by Crippen LogP contribution is 2.59. The first-order chi connectivity index (χ1) is 17.1. The number of ether oxygens (including phenoxy) is 1. The van der Waals surface area contributed by atoms with Gasteiger partial charge in [-0.1, -0.05) is 30.4 Å². The van der Waals surface area contributed by atoms with Crippen molar-refractivity contribution in [2.45, 2.75) is 57.4 Å². The Kier molecular flexibility index (Phi) is 7.12. The third-order valence-corrected chi connectivity index (χ3v) is 8.06. The number of rotatable bonds is 9. The molecule has 0 aromatic heterocycles. The van der Waals surface area contributed by atoms with Crippen molar-refractivity contribution in [3.63, 3.8) is 0 Å². The minimum absolute atomic E-state index is 0.178. The van der Waals surface area contributed by atoms with Crippen LogP contribution in [0.4, 0.5) is 5.69 Å². The van der Waals surface area contributed by atoms with Crippen LogP contribution in [0.3, 0.4) is 0 Å². The number of nitrogens with zero attached hydrogens (tertiary/aromatic N) is 3. The fraction of sp³-hybridized carbons (Fsp3) is 0.536. The zero-order chi connectivity index (χ0) is 26.4. The van der Waals surface area contributed by atoms with E-state index < -0.39 is 35.6 Å². The summed E-state index contributed by atoms with van der Waals surface area (Å²) in [6.45, 7) is 13.5. The number of carbonyl (C=O) groups excluding carboxylic acids is 3. The lowest BCUT2D eigenvalue weighted by atomic mass is 9.70. The van der Waals surface area contributed by atoms with E-state index in [1.54, 1.807) is 35.9 Å². The zero-order valence-electron chi connectivity index (χ0n) is 21.6. The maximum atomic E-state index is 14.5. The Morgan fingerprint density at radius 1 is 1.22 bits per heavy atom. The first kappa shape index (κ1) is 26.1. The van der Waals surface area contributed by atoms with Crippen molar-refractivity contribution in [2.24, 2.45) is 11.8 Å².